The summed E-state index contributed by atoms with van der Waals surface area (Å²) in [7, 11) is 0. The van der Waals surface area contributed by atoms with Crippen LogP contribution in [0.15, 0.2) is 0 Å². The van der Waals surface area contributed by atoms with Gasteiger partial charge in [0.15, 0.2) is 0 Å². The quantitative estimate of drug-likeness (QED) is 0.381. The van der Waals surface area contributed by atoms with Crippen molar-refractivity contribution in [2.75, 3.05) is 39.5 Å². The van der Waals surface area contributed by atoms with Crippen LogP contribution in [0, 0.1) is 0 Å². The third-order valence-electron chi connectivity index (χ3n) is 3.56. The van der Waals surface area contributed by atoms with Gasteiger partial charge in [0.2, 0.25) is 0 Å². The Morgan fingerprint density at radius 1 is 0.381 bits per heavy atom. The first-order valence-corrected chi connectivity index (χ1v) is 8.97. The molecule has 0 unspecified atom stereocenters. The van der Waals surface area contributed by atoms with Crippen molar-refractivity contribution in [3.8, 4) is 0 Å². The van der Waals surface area contributed by atoms with Gasteiger partial charge < -0.3 is 20.9 Å². The van der Waals surface area contributed by atoms with E-state index in [1.54, 1.807) is 0 Å². The van der Waals surface area contributed by atoms with Crippen LogP contribution in [0.25, 0.3) is 0 Å². The van der Waals surface area contributed by atoms with Crippen LogP contribution in [0.1, 0.15) is 70.6 Å². The summed E-state index contributed by atoms with van der Waals surface area (Å²) in [5, 5.41) is 0. The summed E-state index contributed by atoms with van der Waals surface area (Å²) in [6.45, 7) is 5.05. The zero-order valence-corrected chi connectivity index (χ0v) is 14.0. The Morgan fingerprint density at radius 2 is 0.714 bits per heavy atom. The van der Waals surface area contributed by atoms with E-state index in [4.69, 9.17) is 20.9 Å². The van der Waals surface area contributed by atoms with Crippen molar-refractivity contribution >= 4 is 0 Å². The number of hydrogen-bond donors (Lipinski definition) is 2. The zero-order chi connectivity index (χ0) is 15.4. The van der Waals surface area contributed by atoms with E-state index in [1.807, 2.05) is 0 Å². The van der Waals surface area contributed by atoms with Crippen LogP contribution >= 0.6 is 0 Å². The molecule has 128 valence electrons. The summed E-state index contributed by atoms with van der Waals surface area (Å²) >= 11 is 0. The molecule has 0 aliphatic heterocycles. The Kier molecular flexibility index (Phi) is 19.7. The highest BCUT2D eigenvalue weighted by Crippen LogP contribution is 2.08. The second kappa shape index (κ2) is 19.8. The molecule has 0 amide bonds. The summed E-state index contributed by atoms with van der Waals surface area (Å²) in [4.78, 5) is 0. The van der Waals surface area contributed by atoms with Crippen molar-refractivity contribution in [1.82, 2.24) is 0 Å². The molecule has 0 rings (SSSR count). The molecular formula is C17H38N2O2. The van der Waals surface area contributed by atoms with E-state index >= 15 is 0 Å². The molecule has 0 atom stereocenters. The lowest BCUT2D eigenvalue weighted by atomic mass is 10.1. The topological polar surface area (TPSA) is 70.5 Å². The largest absolute Gasteiger partial charge is 0.381 e. The van der Waals surface area contributed by atoms with Crippen LogP contribution in [0.3, 0.4) is 0 Å². The van der Waals surface area contributed by atoms with Crippen molar-refractivity contribution in [3.63, 3.8) is 0 Å². The van der Waals surface area contributed by atoms with Crippen molar-refractivity contribution in [1.29, 1.82) is 0 Å². The van der Waals surface area contributed by atoms with E-state index in [2.05, 4.69) is 0 Å². The molecule has 0 heterocycles. The van der Waals surface area contributed by atoms with E-state index in [1.165, 1.54) is 51.4 Å². The van der Waals surface area contributed by atoms with E-state index < -0.39 is 0 Å². The lowest BCUT2D eigenvalue weighted by Gasteiger charge is -2.05. The molecule has 4 nitrogen and oxygen atoms in total. The number of ether oxygens (including phenoxy) is 2. The summed E-state index contributed by atoms with van der Waals surface area (Å²) in [6, 6.07) is 0. The molecule has 0 aromatic rings. The zero-order valence-electron chi connectivity index (χ0n) is 14.0. The highest BCUT2D eigenvalue weighted by atomic mass is 16.5. The van der Waals surface area contributed by atoms with Crippen LogP contribution in [-0.4, -0.2) is 39.5 Å². The van der Waals surface area contributed by atoms with E-state index in [0.717, 1.165) is 58.8 Å². The second-order valence-corrected chi connectivity index (χ2v) is 5.69. The first-order valence-electron chi connectivity index (χ1n) is 8.97. The molecule has 4 N–H and O–H groups in total. The third kappa shape index (κ3) is 19.8. The van der Waals surface area contributed by atoms with E-state index in [-0.39, 0.29) is 0 Å². The minimum Gasteiger partial charge on any atom is -0.381 e. The Morgan fingerprint density at radius 3 is 1.14 bits per heavy atom. The van der Waals surface area contributed by atoms with Crippen molar-refractivity contribution in [3.05, 3.63) is 0 Å². The van der Waals surface area contributed by atoms with Gasteiger partial charge in [-0.05, 0) is 45.2 Å². The molecule has 0 radical (unpaired) electrons. The maximum atomic E-state index is 5.56. The van der Waals surface area contributed by atoms with Crippen molar-refractivity contribution < 1.29 is 9.47 Å². The molecule has 0 aliphatic rings. The summed E-state index contributed by atoms with van der Waals surface area (Å²) in [5.74, 6) is 0. The fourth-order valence-corrected chi connectivity index (χ4v) is 2.21. The molecule has 0 saturated heterocycles. The SMILES string of the molecule is NCCCCOCCCCCCCCCCOCCCN. The van der Waals surface area contributed by atoms with Crippen LogP contribution in [0.2, 0.25) is 0 Å². The van der Waals surface area contributed by atoms with Gasteiger partial charge in [0.05, 0.1) is 0 Å². The molecule has 0 aromatic heterocycles. The van der Waals surface area contributed by atoms with Gasteiger partial charge in [-0.2, -0.15) is 0 Å². The van der Waals surface area contributed by atoms with Gasteiger partial charge in [-0.3, -0.25) is 0 Å². The van der Waals surface area contributed by atoms with E-state index in [9.17, 15) is 0 Å². The Balaban J connectivity index is 2.90. The van der Waals surface area contributed by atoms with Gasteiger partial charge in [-0.15, -0.1) is 0 Å². The Bertz CT molecular complexity index is 162. The van der Waals surface area contributed by atoms with E-state index in [0.29, 0.717) is 0 Å². The minimum absolute atomic E-state index is 0.735. The van der Waals surface area contributed by atoms with Gasteiger partial charge in [0.1, 0.15) is 0 Å². The summed E-state index contributed by atoms with van der Waals surface area (Å²) < 4.78 is 11.0. The van der Waals surface area contributed by atoms with Gasteiger partial charge in [0, 0.05) is 26.4 Å². The molecule has 0 saturated carbocycles. The standard InChI is InChI=1S/C17H38N2O2/c18-12-7-10-16-20-14-8-5-3-1-2-4-6-9-15-21-17-11-13-19/h1-19H2. The Labute approximate surface area is 131 Å². The lowest BCUT2D eigenvalue weighted by molar-refractivity contribution is 0.126. The van der Waals surface area contributed by atoms with Gasteiger partial charge in [0.25, 0.3) is 0 Å². The fourth-order valence-electron chi connectivity index (χ4n) is 2.21. The number of hydrogen-bond acceptors (Lipinski definition) is 4. The normalized spacial score (nSPS) is 11.1. The highest BCUT2D eigenvalue weighted by molar-refractivity contribution is 4.47. The molecule has 0 aliphatic carbocycles. The van der Waals surface area contributed by atoms with Crippen LogP contribution in [0.4, 0.5) is 0 Å². The van der Waals surface area contributed by atoms with Crippen LogP contribution < -0.4 is 11.5 Å². The second-order valence-electron chi connectivity index (χ2n) is 5.69. The lowest BCUT2D eigenvalue weighted by Crippen LogP contribution is -2.04. The number of nitrogens with two attached hydrogens (primary N) is 2. The minimum atomic E-state index is 0.735. The summed E-state index contributed by atoms with van der Waals surface area (Å²) in [5.41, 5.74) is 10.8. The fraction of sp³-hybridized carbons (Fsp3) is 1.00. The van der Waals surface area contributed by atoms with Crippen molar-refractivity contribution in [2.45, 2.75) is 70.6 Å². The van der Waals surface area contributed by atoms with Crippen molar-refractivity contribution in [2.24, 2.45) is 11.5 Å². The summed E-state index contributed by atoms with van der Waals surface area (Å²) in [6.07, 6.45) is 13.6. The molecular weight excluding hydrogens is 264 g/mol. The monoisotopic (exact) mass is 302 g/mol. The van der Waals surface area contributed by atoms with Crippen LogP contribution in [-0.2, 0) is 9.47 Å². The average molecular weight is 303 g/mol. The maximum Gasteiger partial charge on any atom is 0.0478 e. The molecule has 0 spiro atoms. The Hall–Kier alpha value is -0.160. The molecule has 4 heteroatoms. The molecule has 0 fully saturated rings. The molecule has 0 aromatic carbocycles. The number of unbranched alkanes of at least 4 members (excludes halogenated alkanes) is 8. The predicted molar refractivity (Wildman–Crippen MR) is 90.5 cm³/mol. The molecule has 21 heavy (non-hydrogen) atoms. The van der Waals surface area contributed by atoms with Gasteiger partial charge in [-0.1, -0.05) is 38.5 Å². The smallest absolute Gasteiger partial charge is 0.0478 e. The maximum absolute atomic E-state index is 5.56. The molecule has 0 bridgehead atoms. The van der Waals surface area contributed by atoms with Gasteiger partial charge in [-0.25, -0.2) is 0 Å². The third-order valence-corrected chi connectivity index (χ3v) is 3.56. The average Bonchev–Trinajstić information content (AvgIpc) is 2.50. The first kappa shape index (κ1) is 20.8. The van der Waals surface area contributed by atoms with Crippen LogP contribution in [0.5, 0.6) is 0 Å². The number of rotatable bonds is 18. The van der Waals surface area contributed by atoms with Gasteiger partial charge >= 0.3 is 0 Å². The highest BCUT2D eigenvalue weighted by Gasteiger charge is 1.94. The predicted octanol–water partition coefficient (Wildman–Crippen LogP) is 3.23. The first-order chi connectivity index (χ1) is 10.4.